The fourth-order valence-corrected chi connectivity index (χ4v) is 2.43. The number of amides is 1. The van der Waals surface area contributed by atoms with Crippen LogP contribution in [0.1, 0.15) is 47.0 Å². The number of rotatable bonds is 3. The van der Waals surface area contributed by atoms with Gasteiger partial charge in [0.05, 0.1) is 6.10 Å². The molecule has 1 aliphatic carbocycles. The molecule has 0 saturated heterocycles. The summed E-state index contributed by atoms with van der Waals surface area (Å²) in [7, 11) is 0. The molecule has 1 N–H and O–H groups in total. The minimum atomic E-state index is -0.265. The Morgan fingerprint density at radius 3 is 2.60 bits per heavy atom. The maximum absolute atomic E-state index is 11.4. The predicted octanol–water partition coefficient (Wildman–Crippen LogP) is 2.95. The molecule has 0 bridgehead atoms. The van der Waals surface area contributed by atoms with Gasteiger partial charge in [-0.3, -0.25) is 0 Å². The molecular formula is C12H23NO2. The molecule has 1 rings (SSSR count). The van der Waals surface area contributed by atoms with Gasteiger partial charge in [0.15, 0.2) is 0 Å². The Bertz CT molecular complexity index is 216. The van der Waals surface area contributed by atoms with E-state index in [2.05, 4.69) is 19.2 Å². The lowest BCUT2D eigenvalue weighted by Gasteiger charge is -2.21. The second kappa shape index (κ2) is 5.38. The maximum atomic E-state index is 11.4. The largest absolute Gasteiger partial charge is 0.447 e. The maximum Gasteiger partial charge on any atom is 0.407 e. The van der Waals surface area contributed by atoms with Gasteiger partial charge in [-0.25, -0.2) is 4.79 Å². The zero-order valence-corrected chi connectivity index (χ0v) is 10.2. The lowest BCUT2D eigenvalue weighted by Crippen LogP contribution is -2.38. The molecule has 0 heterocycles. The van der Waals surface area contributed by atoms with E-state index >= 15 is 0 Å². The molecule has 0 radical (unpaired) electrons. The number of hydrogen-bond donors (Lipinski definition) is 1. The van der Waals surface area contributed by atoms with Gasteiger partial charge in [-0.2, -0.15) is 0 Å². The highest BCUT2D eigenvalue weighted by Gasteiger charge is 2.32. The minimum absolute atomic E-state index is 0.0383. The van der Waals surface area contributed by atoms with Crippen molar-refractivity contribution in [2.24, 2.45) is 11.8 Å². The van der Waals surface area contributed by atoms with Gasteiger partial charge in [0.1, 0.15) is 0 Å². The monoisotopic (exact) mass is 213 g/mol. The van der Waals surface area contributed by atoms with Gasteiger partial charge < -0.3 is 10.1 Å². The highest BCUT2D eigenvalue weighted by molar-refractivity contribution is 5.67. The van der Waals surface area contributed by atoms with Gasteiger partial charge in [-0.15, -0.1) is 0 Å². The van der Waals surface area contributed by atoms with Crippen molar-refractivity contribution in [3.8, 4) is 0 Å². The SMILES string of the molecule is CCC1CCC(NC(=O)OC(C)C)C1C. The third-order valence-electron chi connectivity index (χ3n) is 3.40. The van der Waals surface area contributed by atoms with E-state index in [0.717, 1.165) is 12.3 Å². The van der Waals surface area contributed by atoms with E-state index in [4.69, 9.17) is 4.74 Å². The van der Waals surface area contributed by atoms with Crippen LogP contribution in [0.25, 0.3) is 0 Å². The van der Waals surface area contributed by atoms with E-state index in [1.54, 1.807) is 0 Å². The van der Waals surface area contributed by atoms with Gasteiger partial charge in [0.2, 0.25) is 0 Å². The van der Waals surface area contributed by atoms with E-state index in [0.29, 0.717) is 12.0 Å². The van der Waals surface area contributed by atoms with Crippen LogP contribution in [0.4, 0.5) is 4.79 Å². The molecule has 0 aromatic heterocycles. The molecule has 3 atom stereocenters. The first-order chi connectivity index (χ1) is 7.04. The molecule has 0 aliphatic heterocycles. The van der Waals surface area contributed by atoms with Gasteiger partial charge in [-0.1, -0.05) is 20.3 Å². The average Bonchev–Trinajstić information content (AvgIpc) is 2.46. The number of nitrogens with one attached hydrogen (secondary N) is 1. The smallest absolute Gasteiger partial charge is 0.407 e. The van der Waals surface area contributed by atoms with Crippen LogP contribution in [0, 0.1) is 11.8 Å². The molecule has 0 aromatic carbocycles. The molecular weight excluding hydrogens is 190 g/mol. The van der Waals surface area contributed by atoms with E-state index in [1.807, 2.05) is 13.8 Å². The third kappa shape index (κ3) is 3.40. The van der Waals surface area contributed by atoms with Crippen LogP contribution in [-0.2, 0) is 4.74 Å². The van der Waals surface area contributed by atoms with Crippen molar-refractivity contribution in [2.75, 3.05) is 0 Å². The van der Waals surface area contributed by atoms with Crippen molar-refractivity contribution in [3.63, 3.8) is 0 Å². The van der Waals surface area contributed by atoms with E-state index in [1.165, 1.54) is 12.8 Å². The number of alkyl carbamates (subject to hydrolysis) is 1. The summed E-state index contributed by atoms with van der Waals surface area (Å²) in [6, 6.07) is 0.307. The molecule has 1 fully saturated rings. The van der Waals surface area contributed by atoms with Crippen LogP contribution in [-0.4, -0.2) is 18.2 Å². The lowest BCUT2D eigenvalue weighted by atomic mass is 9.94. The van der Waals surface area contributed by atoms with Crippen LogP contribution in [0.2, 0.25) is 0 Å². The molecule has 0 spiro atoms. The standard InChI is InChI=1S/C12H23NO2/c1-5-10-6-7-11(9(10)4)13-12(14)15-8(2)3/h8-11H,5-7H2,1-4H3,(H,13,14). The Balaban J connectivity index is 2.36. The summed E-state index contributed by atoms with van der Waals surface area (Å²) < 4.78 is 5.08. The van der Waals surface area contributed by atoms with Gasteiger partial charge in [-0.05, 0) is 38.5 Å². The quantitative estimate of drug-likeness (QED) is 0.782. The fraction of sp³-hybridized carbons (Fsp3) is 0.917. The van der Waals surface area contributed by atoms with Crippen LogP contribution in [0.15, 0.2) is 0 Å². The molecule has 15 heavy (non-hydrogen) atoms. The molecule has 1 amide bonds. The molecule has 3 nitrogen and oxygen atoms in total. The molecule has 1 aliphatic rings. The molecule has 0 aromatic rings. The summed E-state index contributed by atoms with van der Waals surface area (Å²) in [5.41, 5.74) is 0. The number of hydrogen-bond acceptors (Lipinski definition) is 2. The first-order valence-corrected chi connectivity index (χ1v) is 6.01. The highest BCUT2D eigenvalue weighted by Crippen LogP contribution is 2.33. The summed E-state index contributed by atoms with van der Waals surface area (Å²) in [5, 5.41) is 2.96. The highest BCUT2D eigenvalue weighted by atomic mass is 16.6. The third-order valence-corrected chi connectivity index (χ3v) is 3.40. The first kappa shape index (κ1) is 12.3. The Kier molecular flexibility index (Phi) is 4.43. The average molecular weight is 213 g/mol. The molecule has 1 saturated carbocycles. The first-order valence-electron chi connectivity index (χ1n) is 6.01. The molecule has 88 valence electrons. The summed E-state index contributed by atoms with van der Waals surface area (Å²) in [4.78, 5) is 11.4. The zero-order valence-electron chi connectivity index (χ0n) is 10.2. The fourth-order valence-electron chi connectivity index (χ4n) is 2.43. The van der Waals surface area contributed by atoms with E-state index in [-0.39, 0.29) is 12.2 Å². The van der Waals surface area contributed by atoms with E-state index < -0.39 is 0 Å². The van der Waals surface area contributed by atoms with Gasteiger partial charge in [0.25, 0.3) is 0 Å². The zero-order chi connectivity index (χ0) is 11.4. The van der Waals surface area contributed by atoms with Gasteiger partial charge >= 0.3 is 6.09 Å². The molecule has 3 heteroatoms. The van der Waals surface area contributed by atoms with Gasteiger partial charge in [0, 0.05) is 6.04 Å². The van der Waals surface area contributed by atoms with Crippen molar-refractivity contribution >= 4 is 6.09 Å². The predicted molar refractivity (Wildman–Crippen MR) is 60.7 cm³/mol. The Hall–Kier alpha value is -0.730. The van der Waals surface area contributed by atoms with Crippen molar-refractivity contribution in [3.05, 3.63) is 0 Å². The van der Waals surface area contributed by atoms with Crippen molar-refractivity contribution in [1.82, 2.24) is 5.32 Å². The lowest BCUT2D eigenvalue weighted by molar-refractivity contribution is 0.110. The second-order valence-corrected chi connectivity index (χ2v) is 4.81. The van der Waals surface area contributed by atoms with Crippen LogP contribution in [0.3, 0.4) is 0 Å². The second-order valence-electron chi connectivity index (χ2n) is 4.81. The number of carbonyl (C=O) groups is 1. The summed E-state index contributed by atoms with van der Waals surface area (Å²) in [6.07, 6.45) is 3.22. The Morgan fingerprint density at radius 2 is 2.13 bits per heavy atom. The number of carbonyl (C=O) groups excluding carboxylic acids is 1. The number of ether oxygens (including phenoxy) is 1. The van der Waals surface area contributed by atoms with E-state index in [9.17, 15) is 4.79 Å². The van der Waals surface area contributed by atoms with Crippen LogP contribution >= 0.6 is 0 Å². The van der Waals surface area contributed by atoms with Crippen molar-refractivity contribution < 1.29 is 9.53 Å². The minimum Gasteiger partial charge on any atom is -0.447 e. The Labute approximate surface area is 92.6 Å². The Morgan fingerprint density at radius 1 is 1.47 bits per heavy atom. The topological polar surface area (TPSA) is 38.3 Å². The summed E-state index contributed by atoms with van der Waals surface area (Å²) in [5.74, 6) is 1.34. The molecule has 3 unspecified atom stereocenters. The normalized spacial score (nSPS) is 30.6. The van der Waals surface area contributed by atoms with Crippen LogP contribution < -0.4 is 5.32 Å². The summed E-state index contributed by atoms with van der Waals surface area (Å²) >= 11 is 0. The van der Waals surface area contributed by atoms with Crippen molar-refractivity contribution in [2.45, 2.75) is 59.1 Å². The summed E-state index contributed by atoms with van der Waals surface area (Å²) in [6.45, 7) is 8.18. The van der Waals surface area contributed by atoms with Crippen molar-refractivity contribution in [1.29, 1.82) is 0 Å². The van der Waals surface area contributed by atoms with Crippen LogP contribution in [0.5, 0.6) is 0 Å².